The predicted molar refractivity (Wildman–Crippen MR) is 85.3 cm³/mol. The Morgan fingerprint density at radius 2 is 1.62 bits per heavy atom. The highest BCUT2D eigenvalue weighted by molar-refractivity contribution is 5.96. The molecule has 6 nitrogen and oxygen atoms in total. The van der Waals surface area contributed by atoms with Crippen LogP contribution in [-0.2, 0) is 11.2 Å². The normalized spacial score (nSPS) is 9.96. The number of carbonyl (C=O) groups is 2. The van der Waals surface area contributed by atoms with E-state index in [4.69, 9.17) is 9.47 Å². The molecule has 0 fully saturated rings. The van der Waals surface area contributed by atoms with Crippen molar-refractivity contribution in [1.29, 1.82) is 0 Å². The third-order valence-corrected chi connectivity index (χ3v) is 3.24. The third-order valence-electron chi connectivity index (χ3n) is 3.24. The van der Waals surface area contributed by atoms with Crippen LogP contribution in [0.5, 0.6) is 11.5 Å². The van der Waals surface area contributed by atoms with Crippen LogP contribution in [0.15, 0.2) is 42.5 Å². The molecule has 2 amide bonds. The molecule has 0 unspecified atom stereocenters. The van der Waals surface area contributed by atoms with Gasteiger partial charge in [-0.05, 0) is 23.8 Å². The molecule has 2 rings (SSSR count). The van der Waals surface area contributed by atoms with Crippen LogP contribution in [0.1, 0.15) is 15.9 Å². The molecule has 24 heavy (non-hydrogen) atoms. The Bertz CT molecular complexity index is 727. The van der Waals surface area contributed by atoms with Crippen LogP contribution in [0.2, 0.25) is 0 Å². The minimum atomic E-state index is -0.547. The van der Waals surface area contributed by atoms with E-state index in [1.165, 1.54) is 44.6 Å². The Labute approximate surface area is 138 Å². The maximum absolute atomic E-state index is 13.5. The van der Waals surface area contributed by atoms with Gasteiger partial charge in [0.25, 0.3) is 5.91 Å². The van der Waals surface area contributed by atoms with Crippen LogP contribution in [0, 0.1) is 5.82 Å². The first-order valence-electron chi connectivity index (χ1n) is 7.09. The third kappa shape index (κ3) is 4.45. The van der Waals surface area contributed by atoms with Crippen LogP contribution in [0.3, 0.4) is 0 Å². The Balaban J connectivity index is 1.98. The highest BCUT2D eigenvalue weighted by Gasteiger charge is 2.12. The Kier molecular flexibility index (Phi) is 5.73. The number of rotatable bonds is 5. The highest BCUT2D eigenvalue weighted by Crippen LogP contribution is 2.22. The molecule has 7 heteroatoms. The summed E-state index contributed by atoms with van der Waals surface area (Å²) in [5.74, 6) is -0.678. The van der Waals surface area contributed by atoms with Crippen molar-refractivity contribution in [2.75, 3.05) is 14.2 Å². The minimum Gasteiger partial charge on any atom is -0.497 e. The highest BCUT2D eigenvalue weighted by atomic mass is 19.1. The van der Waals surface area contributed by atoms with Gasteiger partial charge in [0.05, 0.1) is 20.6 Å². The number of nitrogens with one attached hydrogen (secondary N) is 2. The van der Waals surface area contributed by atoms with Gasteiger partial charge >= 0.3 is 0 Å². The molecule has 2 N–H and O–H groups in total. The van der Waals surface area contributed by atoms with Gasteiger partial charge in [-0.2, -0.15) is 0 Å². The van der Waals surface area contributed by atoms with Gasteiger partial charge in [-0.3, -0.25) is 20.4 Å². The Hall–Kier alpha value is -3.09. The number of methoxy groups -OCH3 is 2. The zero-order chi connectivity index (χ0) is 17.5. The summed E-state index contributed by atoms with van der Waals surface area (Å²) in [6.07, 6.45) is -0.186. The van der Waals surface area contributed by atoms with Gasteiger partial charge in [0.1, 0.15) is 17.3 Å². The molecule has 0 aromatic heterocycles. The molecule has 126 valence electrons. The lowest BCUT2D eigenvalue weighted by atomic mass is 10.1. The molecule has 2 aromatic carbocycles. The molecular formula is C17H17FN2O4. The van der Waals surface area contributed by atoms with Crippen LogP contribution in [0.25, 0.3) is 0 Å². The number of hydrogen-bond acceptors (Lipinski definition) is 4. The summed E-state index contributed by atoms with van der Waals surface area (Å²) in [7, 11) is 2.93. The first-order valence-corrected chi connectivity index (χ1v) is 7.09. The lowest BCUT2D eigenvalue weighted by Gasteiger charge is -2.10. The molecule has 0 saturated carbocycles. The zero-order valence-electron chi connectivity index (χ0n) is 13.3. The number of ether oxygens (including phenoxy) is 2. The van der Waals surface area contributed by atoms with Crippen molar-refractivity contribution >= 4 is 11.8 Å². The fourth-order valence-corrected chi connectivity index (χ4v) is 2.00. The van der Waals surface area contributed by atoms with E-state index in [-0.39, 0.29) is 17.5 Å². The summed E-state index contributed by atoms with van der Waals surface area (Å²) in [4.78, 5) is 23.9. The second kappa shape index (κ2) is 7.96. The second-order valence-corrected chi connectivity index (χ2v) is 4.87. The van der Waals surface area contributed by atoms with E-state index in [0.29, 0.717) is 11.5 Å². The lowest BCUT2D eigenvalue weighted by molar-refractivity contribution is -0.121. The average Bonchev–Trinajstić information content (AvgIpc) is 2.61. The number of amides is 2. The van der Waals surface area contributed by atoms with Gasteiger partial charge in [0.2, 0.25) is 5.91 Å². The minimum absolute atomic E-state index is 0.186. The van der Waals surface area contributed by atoms with Crippen molar-refractivity contribution in [3.63, 3.8) is 0 Å². The van der Waals surface area contributed by atoms with Gasteiger partial charge in [-0.15, -0.1) is 0 Å². The second-order valence-electron chi connectivity index (χ2n) is 4.87. The first-order chi connectivity index (χ1) is 11.5. The number of hydrogen-bond donors (Lipinski definition) is 2. The number of carbonyl (C=O) groups excluding carboxylic acids is 2. The van der Waals surface area contributed by atoms with Gasteiger partial charge < -0.3 is 9.47 Å². The molecule has 0 radical (unpaired) electrons. The molecule has 0 aliphatic carbocycles. The zero-order valence-corrected chi connectivity index (χ0v) is 13.3. The van der Waals surface area contributed by atoms with Crippen molar-refractivity contribution in [2.24, 2.45) is 0 Å². The molecule has 0 bridgehead atoms. The molecule has 0 atom stereocenters. The molecule has 0 aliphatic heterocycles. The van der Waals surface area contributed by atoms with Gasteiger partial charge in [0.15, 0.2) is 0 Å². The van der Waals surface area contributed by atoms with Crippen molar-refractivity contribution in [3.8, 4) is 11.5 Å². The molecule has 0 aliphatic rings. The van der Waals surface area contributed by atoms with Gasteiger partial charge in [-0.25, -0.2) is 4.39 Å². The van der Waals surface area contributed by atoms with Crippen molar-refractivity contribution in [1.82, 2.24) is 10.9 Å². The van der Waals surface area contributed by atoms with Gasteiger partial charge in [0, 0.05) is 11.6 Å². The fourth-order valence-electron chi connectivity index (χ4n) is 2.00. The SMILES string of the molecule is COc1cc(OC)cc(C(=O)NNC(=O)Cc2ccccc2F)c1. The Morgan fingerprint density at radius 1 is 1.00 bits per heavy atom. The van der Waals surface area contributed by atoms with E-state index in [1.54, 1.807) is 12.1 Å². The van der Waals surface area contributed by atoms with E-state index >= 15 is 0 Å². The summed E-state index contributed by atoms with van der Waals surface area (Å²) >= 11 is 0. The summed E-state index contributed by atoms with van der Waals surface area (Å²) in [6, 6.07) is 10.6. The van der Waals surface area contributed by atoms with Crippen molar-refractivity contribution in [2.45, 2.75) is 6.42 Å². The lowest BCUT2D eigenvalue weighted by Crippen LogP contribution is -2.42. The molecular weight excluding hydrogens is 315 g/mol. The van der Waals surface area contributed by atoms with E-state index in [9.17, 15) is 14.0 Å². The maximum atomic E-state index is 13.5. The van der Waals surface area contributed by atoms with Crippen LogP contribution in [-0.4, -0.2) is 26.0 Å². The summed E-state index contributed by atoms with van der Waals surface area (Å²) in [5, 5.41) is 0. The number of hydrazine groups is 1. The van der Waals surface area contributed by atoms with Crippen molar-refractivity contribution < 1.29 is 23.5 Å². The largest absolute Gasteiger partial charge is 0.497 e. The van der Waals surface area contributed by atoms with Gasteiger partial charge in [-0.1, -0.05) is 18.2 Å². The Morgan fingerprint density at radius 3 is 2.21 bits per heavy atom. The molecule has 0 saturated heterocycles. The van der Waals surface area contributed by atoms with E-state index in [2.05, 4.69) is 10.9 Å². The van der Waals surface area contributed by atoms with Crippen molar-refractivity contribution in [3.05, 3.63) is 59.4 Å². The van der Waals surface area contributed by atoms with E-state index in [0.717, 1.165) is 0 Å². The quantitative estimate of drug-likeness (QED) is 0.819. The van der Waals surface area contributed by atoms with Crippen LogP contribution < -0.4 is 20.3 Å². The summed E-state index contributed by atoms with van der Waals surface area (Å²) < 4.78 is 23.6. The van der Waals surface area contributed by atoms with Crippen LogP contribution >= 0.6 is 0 Å². The number of halogens is 1. The topological polar surface area (TPSA) is 76.7 Å². The predicted octanol–water partition coefficient (Wildman–Crippen LogP) is 1.85. The maximum Gasteiger partial charge on any atom is 0.269 e. The van der Waals surface area contributed by atoms with E-state index in [1.807, 2.05) is 0 Å². The standard InChI is InChI=1S/C17H17FN2O4/c1-23-13-7-12(8-14(10-13)24-2)17(22)20-19-16(21)9-11-5-3-4-6-15(11)18/h3-8,10H,9H2,1-2H3,(H,19,21)(H,20,22). The number of benzene rings is 2. The molecule has 0 spiro atoms. The first kappa shape index (κ1) is 17.3. The average molecular weight is 332 g/mol. The summed E-state index contributed by atoms with van der Waals surface area (Å²) in [5.41, 5.74) is 5.00. The monoisotopic (exact) mass is 332 g/mol. The summed E-state index contributed by atoms with van der Waals surface area (Å²) in [6.45, 7) is 0. The van der Waals surface area contributed by atoms with Crippen LogP contribution in [0.4, 0.5) is 4.39 Å². The van der Waals surface area contributed by atoms with E-state index < -0.39 is 17.6 Å². The smallest absolute Gasteiger partial charge is 0.269 e. The molecule has 2 aromatic rings. The molecule has 0 heterocycles. The fraction of sp³-hybridized carbons (Fsp3) is 0.176.